The molecule has 2 saturated heterocycles. The van der Waals surface area contributed by atoms with E-state index in [0.29, 0.717) is 25.4 Å². The molecule has 0 aliphatic carbocycles. The minimum absolute atomic E-state index is 0.0549. The average Bonchev–Trinajstić information content (AvgIpc) is 3.55. The number of fused-ring (bicyclic) bond motifs is 1. The van der Waals surface area contributed by atoms with Crippen LogP contribution in [0.2, 0.25) is 0 Å². The van der Waals surface area contributed by atoms with Gasteiger partial charge in [-0.3, -0.25) is 0 Å². The van der Waals surface area contributed by atoms with Crippen molar-refractivity contribution in [1.82, 2.24) is 0 Å². The fourth-order valence-electron chi connectivity index (χ4n) is 4.19. The molecule has 2 heterocycles. The molecule has 3 atom stereocenters. The molecule has 3 nitrogen and oxygen atoms in total. The van der Waals surface area contributed by atoms with Gasteiger partial charge in [0.1, 0.15) is 11.7 Å². The largest absolute Gasteiger partial charge is 0.373 e. The number of rotatable bonds is 6. The monoisotopic (exact) mass is 372 g/mol. The molecule has 3 aromatic rings. The van der Waals surface area contributed by atoms with Gasteiger partial charge in [0.2, 0.25) is 0 Å². The topological polar surface area (TPSA) is 31.0 Å². The summed E-state index contributed by atoms with van der Waals surface area (Å²) in [6.07, 6.45) is 1.61. The summed E-state index contributed by atoms with van der Waals surface area (Å²) in [6.45, 7) is 1.19. The second kappa shape index (κ2) is 7.51. The van der Waals surface area contributed by atoms with E-state index in [4.69, 9.17) is 14.2 Å². The first-order valence-electron chi connectivity index (χ1n) is 9.94. The maximum Gasteiger partial charge on any atom is 0.143 e. The summed E-state index contributed by atoms with van der Waals surface area (Å²) in [6, 6.07) is 31.4. The molecule has 142 valence electrons. The molecule has 0 saturated carbocycles. The molecule has 0 radical (unpaired) electrons. The van der Waals surface area contributed by atoms with Crippen LogP contribution in [0.1, 0.15) is 23.1 Å². The third-order valence-corrected chi connectivity index (χ3v) is 5.71. The Labute approximate surface area is 165 Å². The van der Waals surface area contributed by atoms with E-state index < -0.39 is 5.60 Å². The van der Waals surface area contributed by atoms with Crippen LogP contribution in [0.3, 0.4) is 0 Å². The van der Waals surface area contributed by atoms with E-state index >= 15 is 0 Å². The molecule has 0 aromatic heterocycles. The van der Waals surface area contributed by atoms with E-state index in [9.17, 15) is 0 Å². The second-order valence-electron chi connectivity index (χ2n) is 7.49. The zero-order valence-electron chi connectivity index (χ0n) is 15.7. The van der Waals surface area contributed by atoms with Gasteiger partial charge in [-0.05, 0) is 16.7 Å². The zero-order valence-corrected chi connectivity index (χ0v) is 15.7. The van der Waals surface area contributed by atoms with Gasteiger partial charge in [-0.15, -0.1) is 0 Å². The van der Waals surface area contributed by atoms with E-state index in [-0.39, 0.29) is 6.10 Å². The Morgan fingerprint density at radius 1 is 0.714 bits per heavy atom. The lowest BCUT2D eigenvalue weighted by Gasteiger charge is -2.37. The van der Waals surface area contributed by atoms with Gasteiger partial charge in [0.25, 0.3) is 0 Å². The highest BCUT2D eigenvalue weighted by Gasteiger charge is 2.46. The normalized spacial score (nSPS) is 23.8. The van der Waals surface area contributed by atoms with Crippen LogP contribution in [0.15, 0.2) is 91.0 Å². The fraction of sp³-hybridized carbons (Fsp3) is 0.280. The quantitative estimate of drug-likeness (QED) is 0.470. The van der Waals surface area contributed by atoms with Crippen molar-refractivity contribution < 1.29 is 14.2 Å². The van der Waals surface area contributed by atoms with Gasteiger partial charge < -0.3 is 14.2 Å². The SMILES string of the molecule is c1ccc(C(OC[C@@H]2C[C@H]3O[C@H]3CO2)(c2ccccc2)c2ccccc2)cc1. The van der Waals surface area contributed by atoms with E-state index in [1.807, 2.05) is 18.2 Å². The predicted octanol–water partition coefficient (Wildman–Crippen LogP) is 4.55. The molecule has 2 fully saturated rings. The van der Waals surface area contributed by atoms with Crippen molar-refractivity contribution in [2.75, 3.05) is 13.2 Å². The Hall–Kier alpha value is -2.46. The molecule has 0 bridgehead atoms. The van der Waals surface area contributed by atoms with Crippen molar-refractivity contribution in [1.29, 1.82) is 0 Å². The molecule has 5 rings (SSSR count). The predicted molar refractivity (Wildman–Crippen MR) is 108 cm³/mol. The molecule has 28 heavy (non-hydrogen) atoms. The summed E-state index contributed by atoms with van der Waals surface area (Å²) in [5.41, 5.74) is 2.66. The van der Waals surface area contributed by atoms with Gasteiger partial charge in [0, 0.05) is 6.42 Å². The van der Waals surface area contributed by atoms with Gasteiger partial charge in [-0.2, -0.15) is 0 Å². The van der Waals surface area contributed by atoms with Crippen LogP contribution in [-0.2, 0) is 19.8 Å². The molecule has 0 amide bonds. The minimum atomic E-state index is -0.686. The van der Waals surface area contributed by atoms with Crippen LogP contribution in [-0.4, -0.2) is 31.5 Å². The number of epoxide rings is 1. The summed E-state index contributed by atoms with van der Waals surface area (Å²) in [5, 5.41) is 0. The second-order valence-corrected chi connectivity index (χ2v) is 7.49. The summed E-state index contributed by atoms with van der Waals surface area (Å²) in [4.78, 5) is 0. The third-order valence-electron chi connectivity index (χ3n) is 5.71. The first-order valence-corrected chi connectivity index (χ1v) is 9.94. The summed E-state index contributed by atoms with van der Waals surface area (Å²) >= 11 is 0. The molecule has 2 aliphatic rings. The molecular weight excluding hydrogens is 348 g/mol. The van der Waals surface area contributed by atoms with Crippen LogP contribution in [0.5, 0.6) is 0 Å². The molecule has 0 unspecified atom stereocenters. The number of ether oxygens (including phenoxy) is 3. The lowest BCUT2D eigenvalue weighted by molar-refractivity contribution is -0.0739. The third kappa shape index (κ3) is 3.26. The van der Waals surface area contributed by atoms with Gasteiger partial charge in [-0.1, -0.05) is 91.0 Å². The van der Waals surface area contributed by atoms with Crippen LogP contribution in [0, 0.1) is 0 Å². The zero-order chi connectivity index (χ0) is 18.8. The summed E-state index contributed by atoms with van der Waals surface area (Å²) < 4.78 is 18.4. The van der Waals surface area contributed by atoms with E-state index in [1.54, 1.807) is 0 Å². The molecular formula is C25H24O3. The van der Waals surface area contributed by atoms with Gasteiger partial charge in [0.15, 0.2) is 0 Å². The summed E-state index contributed by atoms with van der Waals surface area (Å²) in [5.74, 6) is 0. The first-order chi connectivity index (χ1) is 13.9. The average molecular weight is 372 g/mol. The Morgan fingerprint density at radius 3 is 1.68 bits per heavy atom. The Morgan fingerprint density at radius 2 is 1.21 bits per heavy atom. The van der Waals surface area contributed by atoms with Crippen LogP contribution >= 0.6 is 0 Å². The highest BCUT2D eigenvalue weighted by molar-refractivity contribution is 5.47. The van der Waals surface area contributed by atoms with Crippen molar-refractivity contribution in [3.05, 3.63) is 108 Å². The standard InChI is InChI=1S/C25H24O3/c1-4-10-19(11-5-1)25(20-12-6-2-7-13-20,21-14-8-3-9-15-21)27-17-22-16-23-24(28-23)18-26-22/h1-15,22-24H,16-18H2/t22-,23+,24-/m0/s1. The molecule has 0 N–H and O–H groups in total. The maximum atomic E-state index is 6.81. The smallest absolute Gasteiger partial charge is 0.143 e. The first kappa shape index (κ1) is 17.6. The Kier molecular flexibility index (Phi) is 4.73. The maximum absolute atomic E-state index is 6.81. The van der Waals surface area contributed by atoms with Crippen molar-refractivity contribution >= 4 is 0 Å². The number of hydrogen-bond donors (Lipinski definition) is 0. The van der Waals surface area contributed by atoms with Gasteiger partial charge in [0.05, 0.1) is 25.4 Å². The van der Waals surface area contributed by atoms with Crippen molar-refractivity contribution in [2.45, 2.75) is 30.3 Å². The highest BCUT2D eigenvalue weighted by atomic mass is 16.6. The van der Waals surface area contributed by atoms with Crippen LogP contribution in [0.25, 0.3) is 0 Å². The lowest BCUT2D eigenvalue weighted by atomic mass is 9.80. The van der Waals surface area contributed by atoms with Crippen LogP contribution in [0.4, 0.5) is 0 Å². The highest BCUT2D eigenvalue weighted by Crippen LogP contribution is 2.41. The van der Waals surface area contributed by atoms with E-state index in [0.717, 1.165) is 23.1 Å². The van der Waals surface area contributed by atoms with Crippen molar-refractivity contribution in [3.63, 3.8) is 0 Å². The van der Waals surface area contributed by atoms with Crippen molar-refractivity contribution in [3.8, 4) is 0 Å². The molecule has 3 aromatic carbocycles. The number of benzene rings is 3. The molecule has 3 heteroatoms. The van der Waals surface area contributed by atoms with E-state index in [1.165, 1.54) is 0 Å². The molecule has 2 aliphatic heterocycles. The van der Waals surface area contributed by atoms with Crippen LogP contribution < -0.4 is 0 Å². The van der Waals surface area contributed by atoms with E-state index in [2.05, 4.69) is 72.8 Å². The fourth-order valence-corrected chi connectivity index (χ4v) is 4.19. The Bertz CT molecular complexity index is 798. The van der Waals surface area contributed by atoms with Gasteiger partial charge in [-0.25, -0.2) is 0 Å². The van der Waals surface area contributed by atoms with Crippen molar-refractivity contribution in [2.24, 2.45) is 0 Å². The summed E-state index contributed by atoms with van der Waals surface area (Å²) in [7, 11) is 0. The molecule has 0 spiro atoms. The minimum Gasteiger partial charge on any atom is -0.373 e. The van der Waals surface area contributed by atoms with Gasteiger partial charge >= 0.3 is 0 Å². The number of hydrogen-bond acceptors (Lipinski definition) is 3. The Balaban J connectivity index is 1.57. The lowest BCUT2D eigenvalue weighted by Crippen LogP contribution is -2.38.